The third kappa shape index (κ3) is 3.73. The van der Waals surface area contributed by atoms with Crippen molar-refractivity contribution < 1.29 is 17.7 Å². The summed E-state index contributed by atoms with van der Waals surface area (Å²) in [6.45, 7) is 4.12. The van der Waals surface area contributed by atoms with E-state index < -0.39 is 10.0 Å². The van der Waals surface area contributed by atoms with E-state index in [9.17, 15) is 13.2 Å². The fourth-order valence-electron chi connectivity index (χ4n) is 3.48. The van der Waals surface area contributed by atoms with Crippen LogP contribution < -0.4 is 0 Å². The second kappa shape index (κ2) is 7.86. The number of hydrogen-bond donors (Lipinski definition) is 0. The Kier molecular flexibility index (Phi) is 5.39. The Labute approximate surface area is 178 Å². The van der Waals surface area contributed by atoms with Crippen molar-refractivity contribution >= 4 is 27.5 Å². The molecular weight excluding hydrogens is 430 g/mol. The van der Waals surface area contributed by atoms with Gasteiger partial charge in [-0.05, 0) is 32.0 Å². The molecule has 3 heterocycles. The van der Waals surface area contributed by atoms with Gasteiger partial charge in [-0.3, -0.25) is 4.79 Å². The third-order valence-electron chi connectivity index (χ3n) is 4.99. The van der Waals surface area contributed by atoms with Gasteiger partial charge in [-0.15, -0.1) is 0 Å². The maximum absolute atomic E-state index is 12.9. The molecule has 0 saturated carbocycles. The van der Waals surface area contributed by atoms with Crippen LogP contribution in [0.3, 0.4) is 0 Å². The Bertz CT molecular complexity index is 1180. The number of aromatic nitrogens is 3. The van der Waals surface area contributed by atoms with Gasteiger partial charge in [0.1, 0.15) is 10.6 Å². The van der Waals surface area contributed by atoms with Crippen LogP contribution in [0.2, 0.25) is 5.02 Å². The van der Waals surface area contributed by atoms with Crippen molar-refractivity contribution in [2.45, 2.75) is 18.7 Å². The van der Waals surface area contributed by atoms with E-state index in [4.69, 9.17) is 16.1 Å². The van der Waals surface area contributed by atoms with Gasteiger partial charge >= 0.3 is 0 Å². The molecule has 0 radical (unpaired) electrons. The maximum Gasteiger partial charge on any atom is 0.257 e. The summed E-state index contributed by atoms with van der Waals surface area (Å²) >= 11 is 6.01. The van der Waals surface area contributed by atoms with E-state index in [0.717, 1.165) is 5.69 Å². The fraction of sp³-hybridized carbons (Fsp3) is 0.316. The van der Waals surface area contributed by atoms with E-state index in [1.807, 2.05) is 6.07 Å². The van der Waals surface area contributed by atoms with Crippen LogP contribution in [-0.2, 0) is 10.0 Å². The minimum atomic E-state index is -3.72. The van der Waals surface area contributed by atoms with Crippen molar-refractivity contribution in [2.75, 3.05) is 26.2 Å². The highest BCUT2D eigenvalue weighted by molar-refractivity contribution is 7.89. The molecular formula is C19H20ClN5O4S. The van der Waals surface area contributed by atoms with Crippen LogP contribution in [-0.4, -0.2) is 64.6 Å². The molecule has 158 valence electrons. The number of benzene rings is 1. The summed E-state index contributed by atoms with van der Waals surface area (Å²) in [5, 5.41) is 8.54. The van der Waals surface area contributed by atoms with E-state index >= 15 is 0 Å². The molecule has 0 spiro atoms. The van der Waals surface area contributed by atoms with Gasteiger partial charge in [-0.2, -0.15) is 9.40 Å². The van der Waals surface area contributed by atoms with Crippen LogP contribution in [0, 0.1) is 13.8 Å². The van der Waals surface area contributed by atoms with Gasteiger partial charge in [-0.1, -0.05) is 22.8 Å². The summed E-state index contributed by atoms with van der Waals surface area (Å²) in [6, 6.07) is 7.16. The Morgan fingerprint density at radius 3 is 2.53 bits per heavy atom. The molecule has 0 atom stereocenters. The molecule has 1 aliphatic heterocycles. The molecule has 0 unspecified atom stereocenters. The van der Waals surface area contributed by atoms with E-state index in [2.05, 4.69) is 10.3 Å². The third-order valence-corrected chi connectivity index (χ3v) is 7.37. The van der Waals surface area contributed by atoms with Crippen molar-refractivity contribution in [1.29, 1.82) is 0 Å². The zero-order valence-corrected chi connectivity index (χ0v) is 18.0. The van der Waals surface area contributed by atoms with Crippen LogP contribution in [0.15, 0.2) is 46.1 Å². The topological polar surface area (TPSA) is 102 Å². The summed E-state index contributed by atoms with van der Waals surface area (Å²) in [5.41, 5.74) is 1.51. The van der Waals surface area contributed by atoms with E-state index in [-0.39, 0.29) is 42.7 Å². The predicted octanol–water partition coefficient (Wildman–Crippen LogP) is 2.28. The number of aryl methyl sites for hydroxylation is 2. The van der Waals surface area contributed by atoms with Gasteiger partial charge in [0.05, 0.1) is 17.4 Å². The van der Waals surface area contributed by atoms with Gasteiger partial charge in [0.25, 0.3) is 5.91 Å². The Morgan fingerprint density at radius 2 is 1.90 bits per heavy atom. The molecule has 4 rings (SSSR count). The molecule has 9 nitrogen and oxygen atoms in total. The van der Waals surface area contributed by atoms with Gasteiger partial charge in [-0.25, -0.2) is 13.1 Å². The molecule has 1 aromatic carbocycles. The number of hydrogen-bond acceptors (Lipinski definition) is 6. The lowest BCUT2D eigenvalue weighted by molar-refractivity contribution is 0.0697. The lowest BCUT2D eigenvalue weighted by Crippen LogP contribution is -2.50. The van der Waals surface area contributed by atoms with Crippen molar-refractivity contribution in [3.05, 3.63) is 58.7 Å². The van der Waals surface area contributed by atoms with Crippen LogP contribution in [0.5, 0.6) is 0 Å². The number of nitrogens with zero attached hydrogens (tertiary/aromatic N) is 5. The number of piperazine rings is 1. The molecule has 1 saturated heterocycles. The van der Waals surface area contributed by atoms with Crippen LogP contribution in [0.4, 0.5) is 0 Å². The Balaban J connectivity index is 1.45. The first-order valence-corrected chi connectivity index (χ1v) is 11.1. The predicted molar refractivity (Wildman–Crippen MR) is 109 cm³/mol. The molecule has 0 N–H and O–H groups in total. The number of rotatable bonds is 4. The lowest BCUT2D eigenvalue weighted by Gasteiger charge is -2.33. The standard InChI is InChI=1S/C19H20ClN5O4S/c1-13-18(14(2)29-22-13)30(27,28)24-8-6-23(7-9-24)19(26)15-11-21-25(12-15)17-5-3-4-16(20)10-17/h3-5,10-12H,6-9H2,1-2H3. The van der Waals surface area contributed by atoms with Gasteiger partial charge in [0, 0.05) is 37.4 Å². The minimum absolute atomic E-state index is 0.102. The zero-order valence-electron chi connectivity index (χ0n) is 16.4. The van der Waals surface area contributed by atoms with E-state index in [1.54, 1.807) is 47.8 Å². The van der Waals surface area contributed by atoms with Gasteiger partial charge in [0.15, 0.2) is 5.76 Å². The van der Waals surface area contributed by atoms with Crippen molar-refractivity contribution in [3.63, 3.8) is 0 Å². The molecule has 2 aromatic heterocycles. The summed E-state index contributed by atoms with van der Waals surface area (Å²) in [5.74, 6) is 0.0668. The largest absolute Gasteiger partial charge is 0.360 e. The SMILES string of the molecule is Cc1noc(C)c1S(=O)(=O)N1CCN(C(=O)c2cnn(-c3cccc(Cl)c3)c2)CC1. The normalized spacial score (nSPS) is 15.5. The highest BCUT2D eigenvalue weighted by Gasteiger charge is 2.34. The summed E-state index contributed by atoms with van der Waals surface area (Å²) in [6.07, 6.45) is 3.14. The Morgan fingerprint density at radius 1 is 1.17 bits per heavy atom. The van der Waals surface area contributed by atoms with Gasteiger partial charge < -0.3 is 9.42 Å². The molecule has 3 aromatic rings. The maximum atomic E-state index is 12.9. The summed E-state index contributed by atoms with van der Waals surface area (Å²) in [4.78, 5) is 14.6. The average Bonchev–Trinajstić information content (AvgIpc) is 3.34. The number of sulfonamides is 1. The molecule has 0 aliphatic carbocycles. The Hall–Kier alpha value is -2.69. The molecule has 1 aliphatic rings. The highest BCUT2D eigenvalue weighted by atomic mass is 35.5. The van der Waals surface area contributed by atoms with Crippen molar-refractivity contribution in [2.24, 2.45) is 0 Å². The fourth-order valence-corrected chi connectivity index (χ4v) is 5.38. The summed E-state index contributed by atoms with van der Waals surface area (Å²) in [7, 11) is -3.72. The average molecular weight is 450 g/mol. The van der Waals surface area contributed by atoms with Crippen LogP contribution in [0.25, 0.3) is 5.69 Å². The second-order valence-corrected chi connectivity index (χ2v) is 9.31. The van der Waals surface area contributed by atoms with Crippen LogP contribution in [0.1, 0.15) is 21.8 Å². The molecule has 1 fully saturated rings. The zero-order chi connectivity index (χ0) is 21.5. The van der Waals surface area contributed by atoms with Crippen molar-refractivity contribution in [3.8, 4) is 5.69 Å². The quantitative estimate of drug-likeness (QED) is 0.605. The highest BCUT2D eigenvalue weighted by Crippen LogP contribution is 2.24. The van der Waals surface area contributed by atoms with E-state index in [0.29, 0.717) is 16.3 Å². The molecule has 0 bridgehead atoms. The molecule has 30 heavy (non-hydrogen) atoms. The monoisotopic (exact) mass is 449 g/mol. The van der Waals surface area contributed by atoms with Crippen LogP contribution >= 0.6 is 11.6 Å². The smallest absolute Gasteiger partial charge is 0.257 e. The first kappa shape index (κ1) is 20.6. The number of carbonyl (C=O) groups excluding carboxylic acids is 1. The minimum Gasteiger partial charge on any atom is -0.360 e. The first-order chi connectivity index (χ1) is 14.3. The summed E-state index contributed by atoms with van der Waals surface area (Å²) < 4.78 is 33.8. The number of halogens is 1. The molecule has 1 amide bonds. The van der Waals surface area contributed by atoms with Gasteiger partial charge in [0.2, 0.25) is 10.0 Å². The van der Waals surface area contributed by atoms with E-state index in [1.165, 1.54) is 10.5 Å². The molecule has 11 heteroatoms. The first-order valence-electron chi connectivity index (χ1n) is 9.30. The number of amides is 1. The lowest BCUT2D eigenvalue weighted by atomic mass is 10.2. The number of carbonyl (C=O) groups is 1. The second-order valence-electron chi connectivity index (χ2n) is 7.00. The van der Waals surface area contributed by atoms with Crippen molar-refractivity contribution in [1.82, 2.24) is 24.1 Å².